The molecule has 4 nitrogen and oxygen atoms in total. The van der Waals surface area contributed by atoms with Gasteiger partial charge in [-0.15, -0.1) is 0 Å². The van der Waals surface area contributed by atoms with Crippen molar-refractivity contribution in [3.05, 3.63) is 0 Å². The lowest BCUT2D eigenvalue weighted by atomic mass is 10.5. The summed E-state index contributed by atoms with van der Waals surface area (Å²) in [4.78, 5) is 2.10. The molecule has 0 aromatic heterocycles. The van der Waals surface area contributed by atoms with Gasteiger partial charge in [0.15, 0.2) is 0 Å². The predicted octanol–water partition coefficient (Wildman–Crippen LogP) is 2.85. The summed E-state index contributed by atoms with van der Waals surface area (Å²) >= 11 is 1.30. The van der Waals surface area contributed by atoms with E-state index in [0.29, 0.717) is 13.2 Å². The van der Waals surface area contributed by atoms with Crippen molar-refractivity contribution in [1.29, 1.82) is 0 Å². The van der Waals surface area contributed by atoms with E-state index < -0.39 is 6.80 Å². The molecule has 0 heterocycles. The van der Waals surface area contributed by atoms with Crippen LogP contribution in [0.5, 0.6) is 0 Å². The number of hydrogen-bond acceptors (Lipinski definition) is 5. The van der Waals surface area contributed by atoms with Crippen LogP contribution in [0.15, 0.2) is 0 Å². The van der Waals surface area contributed by atoms with Crippen LogP contribution in [0.1, 0.15) is 20.3 Å². The summed E-state index contributed by atoms with van der Waals surface area (Å²) < 4.78 is 22.3. The maximum absolute atomic E-state index is 12.0. The first-order valence-electron chi connectivity index (χ1n) is 5.22. The predicted molar refractivity (Wildman–Crippen MR) is 66.5 cm³/mol. The normalized spacial score (nSPS) is 12.3. The third-order valence-corrected chi connectivity index (χ3v) is 5.64. The summed E-state index contributed by atoms with van der Waals surface area (Å²) in [6.07, 6.45) is 0.988. The molecule has 6 heteroatoms. The summed E-state index contributed by atoms with van der Waals surface area (Å²) in [7, 11) is 4.05. The Morgan fingerprint density at radius 1 is 1.20 bits per heavy atom. The second-order valence-electron chi connectivity index (χ2n) is 3.27. The topological polar surface area (TPSA) is 38.8 Å². The highest BCUT2D eigenvalue weighted by Gasteiger charge is 2.23. The van der Waals surface area contributed by atoms with Gasteiger partial charge in [0.25, 0.3) is 0 Å². The monoisotopic (exact) mass is 255 g/mol. The highest BCUT2D eigenvalue weighted by molar-refractivity contribution is 8.55. The van der Waals surface area contributed by atoms with Gasteiger partial charge in [-0.25, -0.2) is 4.57 Å². The van der Waals surface area contributed by atoms with Gasteiger partial charge in [-0.3, -0.25) is 0 Å². The SMILES string of the molecule is CCOP(=O)(OCC)SCCCN(C)C. The molecule has 0 atom stereocenters. The van der Waals surface area contributed by atoms with E-state index in [-0.39, 0.29) is 0 Å². The molecule has 0 aliphatic carbocycles. The maximum atomic E-state index is 12.0. The lowest BCUT2D eigenvalue weighted by Crippen LogP contribution is -2.13. The molecule has 0 saturated heterocycles. The van der Waals surface area contributed by atoms with Crippen molar-refractivity contribution in [2.45, 2.75) is 20.3 Å². The van der Waals surface area contributed by atoms with E-state index in [1.54, 1.807) is 0 Å². The Bertz CT molecular complexity index is 192. The van der Waals surface area contributed by atoms with E-state index in [9.17, 15) is 4.57 Å². The van der Waals surface area contributed by atoms with Gasteiger partial charge < -0.3 is 13.9 Å². The van der Waals surface area contributed by atoms with E-state index in [1.807, 2.05) is 27.9 Å². The molecule has 0 N–H and O–H groups in total. The Morgan fingerprint density at radius 2 is 1.73 bits per heavy atom. The molecular weight excluding hydrogens is 233 g/mol. The number of hydrogen-bond donors (Lipinski definition) is 0. The van der Waals surface area contributed by atoms with Gasteiger partial charge in [-0.1, -0.05) is 0 Å². The summed E-state index contributed by atoms with van der Waals surface area (Å²) in [5.74, 6) is 0.801. The molecule has 0 aromatic carbocycles. The second kappa shape index (κ2) is 8.59. The number of nitrogens with zero attached hydrogens (tertiary/aromatic N) is 1. The van der Waals surface area contributed by atoms with Gasteiger partial charge in [0, 0.05) is 5.75 Å². The fourth-order valence-corrected chi connectivity index (χ4v) is 4.46. The van der Waals surface area contributed by atoms with E-state index in [0.717, 1.165) is 18.7 Å². The highest BCUT2D eigenvalue weighted by Crippen LogP contribution is 2.60. The zero-order chi connectivity index (χ0) is 11.7. The molecule has 0 radical (unpaired) electrons. The first-order chi connectivity index (χ1) is 7.04. The van der Waals surface area contributed by atoms with Crippen LogP contribution < -0.4 is 0 Å². The zero-order valence-corrected chi connectivity index (χ0v) is 11.8. The van der Waals surface area contributed by atoms with Crippen LogP contribution in [0, 0.1) is 0 Å². The van der Waals surface area contributed by atoms with Gasteiger partial charge in [0.2, 0.25) is 0 Å². The Kier molecular flexibility index (Phi) is 8.86. The number of rotatable bonds is 9. The van der Waals surface area contributed by atoms with Crippen LogP contribution >= 0.6 is 18.2 Å². The van der Waals surface area contributed by atoms with Crippen LogP contribution in [0.2, 0.25) is 0 Å². The Morgan fingerprint density at radius 3 is 2.13 bits per heavy atom. The zero-order valence-electron chi connectivity index (χ0n) is 10.1. The lowest BCUT2D eigenvalue weighted by Gasteiger charge is -2.16. The second-order valence-corrected chi connectivity index (χ2v) is 7.47. The van der Waals surface area contributed by atoms with E-state index in [2.05, 4.69) is 4.90 Å². The van der Waals surface area contributed by atoms with Crippen molar-refractivity contribution < 1.29 is 13.6 Å². The van der Waals surface area contributed by atoms with Crippen LogP contribution in [-0.4, -0.2) is 44.5 Å². The average molecular weight is 255 g/mol. The molecule has 92 valence electrons. The third kappa shape index (κ3) is 8.29. The molecule has 15 heavy (non-hydrogen) atoms. The molecule has 0 fully saturated rings. The fraction of sp³-hybridized carbons (Fsp3) is 1.00. The third-order valence-electron chi connectivity index (χ3n) is 1.57. The molecule has 0 unspecified atom stereocenters. The molecule has 0 spiro atoms. The molecule has 0 aliphatic rings. The van der Waals surface area contributed by atoms with Crippen molar-refractivity contribution >= 4 is 18.2 Å². The molecule has 0 aliphatic heterocycles. The van der Waals surface area contributed by atoms with Gasteiger partial charge >= 0.3 is 6.80 Å². The minimum Gasteiger partial charge on any atom is -0.309 e. The average Bonchev–Trinajstić information content (AvgIpc) is 2.13. The minimum absolute atomic E-state index is 0.429. The van der Waals surface area contributed by atoms with Crippen LogP contribution in [-0.2, 0) is 13.6 Å². The fourth-order valence-electron chi connectivity index (χ4n) is 0.985. The molecule has 0 amide bonds. The molecule has 0 bridgehead atoms. The summed E-state index contributed by atoms with van der Waals surface area (Å²) in [5, 5.41) is 0. The van der Waals surface area contributed by atoms with Crippen molar-refractivity contribution in [2.24, 2.45) is 0 Å². The molecular formula is C9H22NO3PS. The largest absolute Gasteiger partial charge is 0.389 e. The van der Waals surface area contributed by atoms with E-state index in [4.69, 9.17) is 9.05 Å². The van der Waals surface area contributed by atoms with Crippen molar-refractivity contribution in [3.8, 4) is 0 Å². The van der Waals surface area contributed by atoms with Crippen LogP contribution in [0.25, 0.3) is 0 Å². The van der Waals surface area contributed by atoms with Crippen molar-refractivity contribution in [1.82, 2.24) is 4.90 Å². The van der Waals surface area contributed by atoms with E-state index >= 15 is 0 Å². The summed E-state index contributed by atoms with van der Waals surface area (Å²) in [6.45, 7) is 2.62. The van der Waals surface area contributed by atoms with Crippen molar-refractivity contribution in [2.75, 3.05) is 39.6 Å². The Balaban J connectivity index is 3.80. The standard InChI is InChI=1S/C9H22NO3PS/c1-5-12-14(11,13-6-2)15-9-7-8-10(3)4/h5-9H2,1-4H3. The molecule has 0 saturated carbocycles. The van der Waals surface area contributed by atoms with Gasteiger partial charge in [-0.05, 0) is 52.3 Å². The molecule has 0 rings (SSSR count). The Hall–Kier alpha value is 0.460. The first-order valence-corrected chi connectivity index (χ1v) is 8.35. The van der Waals surface area contributed by atoms with Crippen LogP contribution in [0.3, 0.4) is 0 Å². The van der Waals surface area contributed by atoms with Crippen molar-refractivity contribution in [3.63, 3.8) is 0 Å². The lowest BCUT2D eigenvalue weighted by molar-refractivity contribution is 0.237. The smallest absolute Gasteiger partial charge is 0.309 e. The quantitative estimate of drug-likeness (QED) is 0.468. The minimum atomic E-state index is -2.88. The maximum Gasteiger partial charge on any atom is 0.389 e. The van der Waals surface area contributed by atoms with Crippen LogP contribution in [0.4, 0.5) is 0 Å². The molecule has 0 aromatic rings. The Labute approximate surface area is 97.0 Å². The summed E-state index contributed by atoms with van der Waals surface area (Å²) in [5.41, 5.74) is 0. The van der Waals surface area contributed by atoms with Gasteiger partial charge in [0.1, 0.15) is 0 Å². The summed E-state index contributed by atoms with van der Waals surface area (Å²) in [6, 6.07) is 0. The first kappa shape index (κ1) is 15.5. The van der Waals surface area contributed by atoms with Gasteiger partial charge in [0.05, 0.1) is 13.2 Å². The van der Waals surface area contributed by atoms with E-state index in [1.165, 1.54) is 11.4 Å². The highest BCUT2D eigenvalue weighted by atomic mass is 32.7. The van der Waals surface area contributed by atoms with Gasteiger partial charge in [-0.2, -0.15) is 0 Å².